The number of rotatable bonds is 2. The van der Waals surface area contributed by atoms with Gasteiger partial charge in [0.05, 0.1) is 16.4 Å². The van der Waals surface area contributed by atoms with Gasteiger partial charge < -0.3 is 11.1 Å². The molecule has 0 heterocycles. The van der Waals surface area contributed by atoms with Gasteiger partial charge in [0.1, 0.15) is 0 Å². The van der Waals surface area contributed by atoms with E-state index in [-0.39, 0.29) is 16.5 Å². The topological polar surface area (TPSA) is 38.0 Å². The molecule has 3 N–H and O–H groups in total. The molecule has 0 saturated heterocycles. The van der Waals surface area contributed by atoms with E-state index in [2.05, 4.69) is 11.9 Å². The lowest BCUT2D eigenvalue weighted by atomic mass is 10.2. The summed E-state index contributed by atoms with van der Waals surface area (Å²) in [6, 6.07) is 3.41. The van der Waals surface area contributed by atoms with E-state index in [1.165, 1.54) is 6.07 Å². The Morgan fingerprint density at radius 3 is 2.47 bits per heavy atom. The molecule has 0 radical (unpaired) electrons. The third-order valence-corrected chi connectivity index (χ3v) is 1.91. The second-order valence-electron chi connectivity index (χ2n) is 2.84. The monoisotopic (exact) mass is 236 g/mol. The molecule has 0 spiro atoms. The van der Waals surface area contributed by atoms with Crippen molar-refractivity contribution in [1.82, 2.24) is 0 Å². The Labute approximate surface area is 89.5 Å². The van der Waals surface area contributed by atoms with E-state index in [9.17, 15) is 13.2 Å². The number of nitrogens with two attached hydrogens (primary N) is 1. The second kappa shape index (κ2) is 4.02. The van der Waals surface area contributed by atoms with Crippen molar-refractivity contribution in [3.63, 3.8) is 0 Å². The van der Waals surface area contributed by atoms with Crippen molar-refractivity contribution in [1.29, 1.82) is 0 Å². The zero-order chi connectivity index (χ0) is 11.6. The quantitative estimate of drug-likeness (QED) is 0.828. The summed E-state index contributed by atoms with van der Waals surface area (Å²) < 4.78 is 37.2. The molecule has 0 aromatic heterocycles. The predicted molar refractivity (Wildman–Crippen MR) is 53.4 cm³/mol. The molecule has 15 heavy (non-hydrogen) atoms. The van der Waals surface area contributed by atoms with Gasteiger partial charge in [0.15, 0.2) is 0 Å². The van der Waals surface area contributed by atoms with Crippen molar-refractivity contribution in [3.8, 4) is 0 Å². The summed E-state index contributed by atoms with van der Waals surface area (Å²) in [6.07, 6.45) is -4.48. The summed E-state index contributed by atoms with van der Waals surface area (Å²) in [5, 5.41) is 2.12. The van der Waals surface area contributed by atoms with Crippen LogP contribution in [0.2, 0.25) is 5.02 Å². The minimum atomic E-state index is -4.48. The van der Waals surface area contributed by atoms with Gasteiger partial charge >= 0.3 is 6.18 Å². The molecule has 0 unspecified atom stereocenters. The lowest BCUT2D eigenvalue weighted by molar-refractivity contribution is -0.137. The van der Waals surface area contributed by atoms with Crippen LogP contribution in [0.3, 0.4) is 0 Å². The molecule has 0 fully saturated rings. The zero-order valence-electron chi connectivity index (χ0n) is 7.53. The third kappa shape index (κ3) is 3.06. The lowest BCUT2D eigenvalue weighted by Crippen LogP contribution is -2.10. The molecule has 0 bridgehead atoms. The van der Waals surface area contributed by atoms with Crippen LogP contribution in [0.4, 0.5) is 18.9 Å². The van der Waals surface area contributed by atoms with Gasteiger partial charge in [-0.2, -0.15) is 13.2 Å². The normalized spacial score (nSPS) is 11.2. The molecule has 2 nitrogen and oxygen atoms in total. The fraction of sp³-hybridized carbons (Fsp3) is 0.111. The number of benzene rings is 1. The molecular formula is C9H8ClF3N2. The van der Waals surface area contributed by atoms with Gasteiger partial charge in [-0.25, -0.2) is 0 Å². The zero-order valence-corrected chi connectivity index (χ0v) is 8.28. The van der Waals surface area contributed by atoms with Crippen LogP contribution in [0, 0.1) is 0 Å². The molecule has 0 amide bonds. The third-order valence-electron chi connectivity index (χ3n) is 1.58. The summed E-state index contributed by atoms with van der Waals surface area (Å²) in [5.41, 5.74) is 4.49. The Kier molecular flexibility index (Phi) is 3.14. The van der Waals surface area contributed by atoms with Crippen molar-refractivity contribution in [3.05, 3.63) is 41.2 Å². The minimum absolute atomic E-state index is 0.0606. The first-order valence-corrected chi connectivity index (χ1v) is 4.26. The van der Waals surface area contributed by atoms with Gasteiger partial charge in [-0.15, -0.1) is 0 Å². The average Bonchev–Trinajstić information content (AvgIpc) is 2.05. The molecule has 1 rings (SSSR count). The number of anilines is 1. The van der Waals surface area contributed by atoms with Crippen LogP contribution >= 0.6 is 11.6 Å². The molecule has 6 heteroatoms. The smallest absolute Gasteiger partial charge is 0.386 e. The molecule has 82 valence electrons. The highest BCUT2D eigenvalue weighted by atomic mass is 35.5. The van der Waals surface area contributed by atoms with Crippen molar-refractivity contribution >= 4 is 17.3 Å². The highest BCUT2D eigenvalue weighted by Crippen LogP contribution is 2.36. The highest BCUT2D eigenvalue weighted by Gasteiger charge is 2.33. The lowest BCUT2D eigenvalue weighted by Gasteiger charge is -2.11. The Balaban J connectivity index is 3.11. The molecule has 0 atom stereocenters. The van der Waals surface area contributed by atoms with E-state index in [0.29, 0.717) is 0 Å². The van der Waals surface area contributed by atoms with E-state index < -0.39 is 11.7 Å². The summed E-state index contributed by atoms with van der Waals surface area (Å²) in [5.74, 6) is 0.0606. The highest BCUT2D eigenvalue weighted by molar-refractivity contribution is 6.31. The summed E-state index contributed by atoms with van der Waals surface area (Å²) in [4.78, 5) is 0. The number of halogens is 4. The van der Waals surface area contributed by atoms with Crippen LogP contribution in [0.25, 0.3) is 0 Å². The Hall–Kier alpha value is -1.36. The van der Waals surface area contributed by atoms with Crippen molar-refractivity contribution in [2.75, 3.05) is 5.32 Å². The fourth-order valence-electron chi connectivity index (χ4n) is 1.01. The average molecular weight is 237 g/mol. The van der Waals surface area contributed by atoms with Crippen LogP contribution in [-0.2, 0) is 6.18 Å². The van der Waals surface area contributed by atoms with Crippen molar-refractivity contribution in [2.24, 2.45) is 5.73 Å². The Morgan fingerprint density at radius 1 is 1.40 bits per heavy atom. The number of nitrogens with one attached hydrogen (secondary N) is 1. The molecular weight excluding hydrogens is 229 g/mol. The second-order valence-corrected chi connectivity index (χ2v) is 3.25. The standard InChI is InChI=1S/C9H8ClF3N2/c1-5(14)15-6-2-3-8(10)7(4-6)9(11,12)13/h2-4,15H,1,14H2. The maximum Gasteiger partial charge on any atom is 0.417 e. The van der Waals surface area contributed by atoms with E-state index in [1.54, 1.807) is 0 Å². The molecule has 0 saturated carbocycles. The number of alkyl halides is 3. The SMILES string of the molecule is C=C(N)Nc1ccc(Cl)c(C(F)(F)F)c1. The van der Waals surface area contributed by atoms with Crippen molar-refractivity contribution < 1.29 is 13.2 Å². The van der Waals surface area contributed by atoms with Gasteiger partial charge in [-0.3, -0.25) is 0 Å². The molecule has 1 aromatic rings. The van der Waals surface area contributed by atoms with Crippen LogP contribution < -0.4 is 11.1 Å². The summed E-state index contributed by atoms with van der Waals surface area (Å²) in [7, 11) is 0. The Morgan fingerprint density at radius 2 is 2.00 bits per heavy atom. The van der Waals surface area contributed by atoms with E-state index in [0.717, 1.165) is 12.1 Å². The first-order valence-electron chi connectivity index (χ1n) is 3.89. The molecule has 0 aliphatic carbocycles. The Bertz CT molecular complexity index is 387. The van der Waals surface area contributed by atoms with Crippen LogP contribution in [0.1, 0.15) is 5.56 Å². The van der Waals surface area contributed by atoms with Gasteiger partial charge in [-0.1, -0.05) is 18.2 Å². The predicted octanol–water partition coefficient (Wildman–Crippen LogP) is 3.20. The van der Waals surface area contributed by atoms with Crippen LogP contribution in [-0.4, -0.2) is 0 Å². The van der Waals surface area contributed by atoms with Gasteiger partial charge in [0.25, 0.3) is 0 Å². The fourth-order valence-corrected chi connectivity index (χ4v) is 1.23. The number of hydrogen-bond acceptors (Lipinski definition) is 2. The van der Waals surface area contributed by atoms with Crippen molar-refractivity contribution in [2.45, 2.75) is 6.18 Å². The van der Waals surface area contributed by atoms with Crippen LogP contribution in [0.15, 0.2) is 30.6 Å². The molecule has 1 aromatic carbocycles. The maximum absolute atomic E-state index is 12.4. The summed E-state index contributed by atoms with van der Waals surface area (Å²) in [6.45, 7) is 3.32. The minimum Gasteiger partial charge on any atom is -0.386 e. The molecule has 0 aliphatic heterocycles. The van der Waals surface area contributed by atoms with Crippen LogP contribution in [0.5, 0.6) is 0 Å². The van der Waals surface area contributed by atoms with E-state index in [4.69, 9.17) is 17.3 Å². The number of hydrogen-bond donors (Lipinski definition) is 2. The van der Waals surface area contributed by atoms with Gasteiger partial charge in [-0.05, 0) is 18.2 Å². The largest absolute Gasteiger partial charge is 0.417 e. The van der Waals surface area contributed by atoms with E-state index in [1.807, 2.05) is 0 Å². The van der Waals surface area contributed by atoms with Gasteiger partial charge in [0, 0.05) is 5.69 Å². The summed E-state index contributed by atoms with van der Waals surface area (Å²) >= 11 is 5.42. The first-order chi connectivity index (χ1) is 6.80. The maximum atomic E-state index is 12.4. The van der Waals surface area contributed by atoms with Gasteiger partial charge in [0.2, 0.25) is 0 Å². The molecule has 0 aliphatic rings. The first kappa shape index (κ1) is 11.7. The van der Waals surface area contributed by atoms with E-state index >= 15 is 0 Å².